The monoisotopic (exact) mass is 679 g/mol. The Morgan fingerprint density at radius 2 is 1.77 bits per heavy atom. The standard InChI is InChI=1S/C33H31BrClN3O6/c1-3-41-33(40)29(17-39)36-16-24-14-26(35)31(15-30(24)42-18-21-10-11-27-28(13-21)38-44-37-27)43-19-23-8-5-9-25(32(23)34)22-7-4-6-20(2)12-22/h4-15,29,36,39H,3,16-19H2,1-2H3/t29-/m1/s1. The van der Waals surface area contributed by atoms with Gasteiger partial charge in [-0.1, -0.05) is 65.7 Å². The fraction of sp³-hybridized carbons (Fsp3) is 0.242. The van der Waals surface area contributed by atoms with Gasteiger partial charge in [-0.25, -0.2) is 4.63 Å². The summed E-state index contributed by atoms with van der Waals surface area (Å²) in [5.74, 6) is 0.374. The fourth-order valence-corrected chi connectivity index (χ4v) is 5.47. The van der Waals surface area contributed by atoms with Crippen molar-refractivity contribution in [2.75, 3.05) is 13.2 Å². The van der Waals surface area contributed by atoms with Crippen LogP contribution in [0.5, 0.6) is 11.5 Å². The van der Waals surface area contributed by atoms with Crippen molar-refractivity contribution < 1.29 is 28.7 Å². The predicted octanol–water partition coefficient (Wildman–Crippen LogP) is 6.79. The summed E-state index contributed by atoms with van der Waals surface area (Å²) in [5.41, 5.74) is 7.06. The van der Waals surface area contributed by atoms with Crippen LogP contribution in [0, 0.1) is 6.92 Å². The Kier molecular flexibility index (Phi) is 10.5. The highest BCUT2D eigenvalue weighted by Gasteiger charge is 2.20. The normalized spacial score (nSPS) is 11.8. The minimum absolute atomic E-state index is 0.176. The Hall–Kier alpha value is -3.96. The molecule has 2 N–H and O–H groups in total. The molecule has 0 saturated carbocycles. The second-order valence-corrected chi connectivity index (χ2v) is 11.3. The van der Waals surface area contributed by atoms with Gasteiger partial charge in [-0.3, -0.25) is 10.1 Å². The van der Waals surface area contributed by atoms with Crippen LogP contribution < -0.4 is 14.8 Å². The van der Waals surface area contributed by atoms with E-state index in [1.165, 1.54) is 5.56 Å². The molecule has 9 nitrogen and oxygen atoms in total. The Labute approximate surface area is 268 Å². The quantitative estimate of drug-likeness (QED) is 0.130. The number of ether oxygens (including phenoxy) is 3. The SMILES string of the molecule is CCOC(=O)[C@@H](CO)NCc1cc(Cl)c(OCc2cccc(-c3cccc(C)c3)c2Br)cc1OCc1ccc2nonc2c1. The largest absolute Gasteiger partial charge is 0.488 e. The lowest BCUT2D eigenvalue weighted by Crippen LogP contribution is -2.40. The molecule has 0 aliphatic carbocycles. The number of halogens is 2. The molecular formula is C33H31BrClN3O6. The zero-order valence-corrected chi connectivity index (χ0v) is 26.5. The Morgan fingerprint density at radius 1 is 0.977 bits per heavy atom. The second-order valence-electron chi connectivity index (χ2n) is 10.1. The van der Waals surface area contributed by atoms with Crippen LogP contribution in [0.4, 0.5) is 0 Å². The molecule has 5 aromatic rings. The van der Waals surface area contributed by atoms with E-state index in [0.717, 1.165) is 26.7 Å². The molecular weight excluding hydrogens is 650 g/mol. The number of aliphatic hydroxyl groups excluding tert-OH is 1. The van der Waals surface area contributed by atoms with Crippen LogP contribution in [0.3, 0.4) is 0 Å². The van der Waals surface area contributed by atoms with Crippen LogP contribution >= 0.6 is 27.5 Å². The third kappa shape index (κ3) is 7.57. The Bertz CT molecular complexity index is 1760. The van der Waals surface area contributed by atoms with Gasteiger partial charge in [0.25, 0.3) is 0 Å². The number of fused-ring (bicyclic) bond motifs is 1. The number of rotatable bonds is 13. The predicted molar refractivity (Wildman–Crippen MR) is 171 cm³/mol. The molecule has 0 radical (unpaired) electrons. The van der Waals surface area contributed by atoms with Gasteiger partial charge in [-0.2, -0.15) is 0 Å². The number of hydrogen-bond donors (Lipinski definition) is 2. The summed E-state index contributed by atoms with van der Waals surface area (Å²) in [7, 11) is 0. The van der Waals surface area contributed by atoms with Crippen molar-refractivity contribution in [1.82, 2.24) is 15.6 Å². The Morgan fingerprint density at radius 3 is 2.57 bits per heavy atom. The van der Waals surface area contributed by atoms with Crippen LogP contribution in [0.2, 0.25) is 5.02 Å². The molecule has 1 atom stereocenters. The molecule has 1 heterocycles. The number of carbonyl (C=O) groups excluding carboxylic acids is 1. The lowest BCUT2D eigenvalue weighted by molar-refractivity contribution is -0.146. The maximum absolute atomic E-state index is 12.2. The van der Waals surface area contributed by atoms with Crippen molar-refractivity contribution in [2.24, 2.45) is 0 Å². The first-order chi connectivity index (χ1) is 21.4. The molecule has 0 bridgehead atoms. The molecule has 0 aliphatic rings. The van der Waals surface area contributed by atoms with Gasteiger partial charge in [-0.05, 0) is 75.0 Å². The van der Waals surface area contributed by atoms with Crippen LogP contribution in [0.15, 0.2) is 81.9 Å². The molecule has 0 aliphatic heterocycles. The van der Waals surface area contributed by atoms with E-state index in [-0.39, 0.29) is 26.4 Å². The molecule has 0 fully saturated rings. The first-order valence-corrected chi connectivity index (χ1v) is 15.2. The number of esters is 1. The summed E-state index contributed by atoms with van der Waals surface area (Å²) >= 11 is 10.5. The third-order valence-electron chi connectivity index (χ3n) is 6.91. The van der Waals surface area contributed by atoms with E-state index >= 15 is 0 Å². The van der Waals surface area contributed by atoms with Crippen molar-refractivity contribution in [2.45, 2.75) is 39.6 Å². The number of aryl methyl sites for hydroxylation is 1. The molecule has 0 unspecified atom stereocenters. The van der Waals surface area contributed by atoms with Gasteiger partial charge in [0.05, 0.1) is 18.2 Å². The van der Waals surface area contributed by atoms with Crippen molar-refractivity contribution in [3.05, 3.63) is 105 Å². The lowest BCUT2D eigenvalue weighted by Gasteiger charge is -2.19. The highest BCUT2D eigenvalue weighted by Crippen LogP contribution is 2.36. The molecule has 11 heteroatoms. The maximum Gasteiger partial charge on any atom is 0.325 e. The molecule has 5 rings (SSSR count). The van der Waals surface area contributed by atoms with Crippen molar-refractivity contribution >= 4 is 44.5 Å². The molecule has 228 valence electrons. The summed E-state index contributed by atoms with van der Waals surface area (Å²) in [4.78, 5) is 12.2. The number of aliphatic hydroxyl groups is 1. The highest BCUT2D eigenvalue weighted by atomic mass is 79.9. The van der Waals surface area contributed by atoms with Crippen molar-refractivity contribution in [1.29, 1.82) is 0 Å². The number of aromatic nitrogens is 2. The van der Waals surface area contributed by atoms with E-state index < -0.39 is 18.6 Å². The average molecular weight is 681 g/mol. The summed E-state index contributed by atoms with van der Waals surface area (Å²) in [6.45, 7) is 4.20. The minimum Gasteiger partial charge on any atom is -0.488 e. The average Bonchev–Trinajstić information content (AvgIpc) is 3.49. The van der Waals surface area contributed by atoms with Crippen molar-refractivity contribution in [3.8, 4) is 22.6 Å². The summed E-state index contributed by atoms with van der Waals surface area (Å²) in [6, 6.07) is 22.4. The number of hydrogen-bond acceptors (Lipinski definition) is 9. The van der Waals surface area contributed by atoms with Gasteiger partial charge in [0.15, 0.2) is 0 Å². The van der Waals surface area contributed by atoms with Gasteiger partial charge in [0.2, 0.25) is 0 Å². The summed E-state index contributed by atoms with van der Waals surface area (Å²) in [6.07, 6.45) is 0. The fourth-order valence-electron chi connectivity index (χ4n) is 4.62. The number of benzene rings is 4. The second kappa shape index (κ2) is 14.7. The molecule has 0 spiro atoms. The zero-order valence-electron chi connectivity index (χ0n) is 24.2. The van der Waals surface area contributed by atoms with Gasteiger partial charge < -0.3 is 19.3 Å². The highest BCUT2D eigenvalue weighted by molar-refractivity contribution is 9.10. The van der Waals surface area contributed by atoms with Crippen LogP contribution in [-0.2, 0) is 29.3 Å². The van der Waals surface area contributed by atoms with Gasteiger partial charge in [0.1, 0.15) is 41.8 Å². The van der Waals surface area contributed by atoms with Crippen LogP contribution in [0.25, 0.3) is 22.2 Å². The van der Waals surface area contributed by atoms with Gasteiger partial charge >= 0.3 is 5.97 Å². The topological polar surface area (TPSA) is 116 Å². The van der Waals surface area contributed by atoms with E-state index in [1.54, 1.807) is 25.1 Å². The van der Waals surface area contributed by atoms with E-state index in [9.17, 15) is 9.90 Å². The number of nitrogens with zero attached hydrogens (tertiary/aromatic N) is 2. The van der Waals surface area contributed by atoms with Crippen LogP contribution in [0.1, 0.15) is 29.2 Å². The summed E-state index contributed by atoms with van der Waals surface area (Å²) < 4.78 is 23.3. The molecule has 4 aromatic carbocycles. The number of carbonyl (C=O) groups is 1. The molecule has 0 saturated heterocycles. The van der Waals surface area contributed by atoms with Crippen LogP contribution in [-0.4, -0.2) is 40.6 Å². The number of nitrogens with one attached hydrogen (secondary N) is 1. The molecule has 1 aromatic heterocycles. The first kappa shape index (κ1) is 31.5. The van der Waals surface area contributed by atoms with Gasteiger partial charge in [-0.15, -0.1) is 0 Å². The third-order valence-corrected chi connectivity index (χ3v) is 8.14. The lowest BCUT2D eigenvalue weighted by atomic mass is 10.0. The zero-order chi connectivity index (χ0) is 31.1. The minimum atomic E-state index is -0.905. The first-order valence-electron chi connectivity index (χ1n) is 14.0. The molecule has 0 amide bonds. The summed E-state index contributed by atoms with van der Waals surface area (Å²) in [5, 5.41) is 20.9. The van der Waals surface area contributed by atoms with E-state index in [1.807, 2.05) is 30.3 Å². The van der Waals surface area contributed by atoms with E-state index in [2.05, 4.69) is 62.7 Å². The molecule has 44 heavy (non-hydrogen) atoms. The smallest absolute Gasteiger partial charge is 0.325 e. The van der Waals surface area contributed by atoms with E-state index in [4.69, 9.17) is 30.4 Å². The Balaban J connectivity index is 1.38. The van der Waals surface area contributed by atoms with E-state index in [0.29, 0.717) is 33.1 Å². The van der Waals surface area contributed by atoms with Gasteiger partial charge in [0, 0.05) is 28.2 Å². The van der Waals surface area contributed by atoms with Crippen molar-refractivity contribution in [3.63, 3.8) is 0 Å². The maximum atomic E-state index is 12.2.